The first-order valence-electron chi connectivity index (χ1n) is 2.80. The maximum absolute atomic E-state index is 4.91. The van der Waals surface area contributed by atoms with Crippen LogP contribution in [0.5, 0.6) is 5.88 Å². The van der Waals surface area contributed by atoms with E-state index in [2.05, 4.69) is 16.2 Å². The average molecular weight is 199 g/mol. The average Bonchev–Trinajstić information content (AvgIpc) is 1.88. The van der Waals surface area contributed by atoms with E-state index in [1.807, 2.05) is 6.92 Å². The van der Waals surface area contributed by atoms with Crippen LogP contribution in [0.25, 0.3) is 0 Å². The summed E-state index contributed by atoms with van der Waals surface area (Å²) in [6, 6.07) is 0. The molecule has 0 saturated carbocycles. The first-order valence-corrected chi connectivity index (χ1v) is 4.01. The van der Waals surface area contributed by atoms with E-state index >= 15 is 0 Å². The van der Waals surface area contributed by atoms with Gasteiger partial charge in [-0.25, -0.2) is 0 Å². The van der Waals surface area contributed by atoms with E-state index in [1.54, 1.807) is 7.11 Å². The molecule has 1 heterocycles. The van der Waals surface area contributed by atoms with Crippen molar-refractivity contribution in [2.24, 2.45) is 0 Å². The number of aromatic nitrogens is 2. The molecule has 0 aromatic carbocycles. The van der Waals surface area contributed by atoms with Crippen molar-refractivity contribution >= 4 is 21.3 Å². The summed E-state index contributed by atoms with van der Waals surface area (Å²) in [5, 5.41) is 0. The van der Waals surface area contributed by atoms with Crippen LogP contribution in [0.4, 0.5) is 0 Å². The number of nitrogens with zero attached hydrogens (tertiary/aromatic N) is 2. The number of hydrogen-bond acceptors (Lipinski definition) is 3. The van der Waals surface area contributed by atoms with Crippen LogP contribution in [-0.4, -0.2) is 33.9 Å². The van der Waals surface area contributed by atoms with Crippen molar-refractivity contribution in [1.29, 1.82) is 0 Å². The summed E-state index contributed by atoms with van der Waals surface area (Å²) in [6.07, 6.45) is 2.72. The Morgan fingerprint density at radius 2 is 2.30 bits per heavy atom. The molecule has 0 N–H and O–H groups in total. The van der Waals surface area contributed by atoms with Gasteiger partial charge in [-0.3, -0.25) is 0 Å². The Morgan fingerprint density at radius 3 is 2.80 bits per heavy atom. The zero-order valence-electron chi connectivity index (χ0n) is 5.88. The van der Waals surface area contributed by atoms with Crippen LogP contribution in [0.15, 0.2) is 0 Å². The van der Waals surface area contributed by atoms with E-state index in [-0.39, 0.29) is 0 Å². The first kappa shape index (κ1) is 7.54. The third-order valence-corrected chi connectivity index (χ3v) is 1.81. The third kappa shape index (κ3) is 1.48. The third-order valence-electron chi connectivity index (χ3n) is 1.02. The second-order valence-corrected chi connectivity index (χ2v) is 2.96. The van der Waals surface area contributed by atoms with Gasteiger partial charge in [0.05, 0.1) is 0 Å². The zero-order valence-corrected chi connectivity index (χ0v) is 8.30. The van der Waals surface area contributed by atoms with Crippen LogP contribution in [0.2, 0.25) is 0 Å². The van der Waals surface area contributed by atoms with Gasteiger partial charge in [0.25, 0.3) is 0 Å². The molecule has 3 nitrogen and oxygen atoms in total. The summed E-state index contributed by atoms with van der Waals surface area (Å²) < 4.78 is 5.78. The molecule has 0 spiro atoms. The minimum absolute atomic E-state index is 0.575. The Bertz CT molecular complexity index is 239. The van der Waals surface area contributed by atoms with E-state index in [0.717, 1.165) is 10.2 Å². The molecule has 0 aliphatic rings. The monoisotopic (exact) mass is 199 g/mol. The van der Waals surface area contributed by atoms with Crippen molar-refractivity contribution in [2.45, 2.75) is 6.92 Å². The molecule has 4 heteroatoms. The SMILES string of the molecule is COc1n[c]c(C)nc1[AsH2]. The molecule has 10 heavy (non-hydrogen) atoms. The van der Waals surface area contributed by atoms with Crippen molar-refractivity contribution in [3.8, 4) is 5.88 Å². The second kappa shape index (κ2) is 3.02. The van der Waals surface area contributed by atoms with Crippen LogP contribution in [0.1, 0.15) is 5.69 Å². The van der Waals surface area contributed by atoms with Crippen LogP contribution < -0.4 is 9.22 Å². The Balaban J connectivity index is 3.07. The van der Waals surface area contributed by atoms with Crippen molar-refractivity contribution in [3.05, 3.63) is 11.9 Å². The maximum atomic E-state index is 4.91. The molecule has 1 atom stereocenters. The van der Waals surface area contributed by atoms with Crippen LogP contribution in [0.3, 0.4) is 0 Å². The molecule has 1 rings (SSSR count). The number of ether oxygens (including phenoxy) is 1. The van der Waals surface area contributed by atoms with Gasteiger partial charge in [0.2, 0.25) is 0 Å². The Morgan fingerprint density at radius 1 is 1.60 bits per heavy atom. The van der Waals surface area contributed by atoms with Crippen LogP contribution >= 0.6 is 0 Å². The Labute approximate surface area is 68.3 Å². The number of methoxy groups -OCH3 is 1. The molecular formula is C6H8AsN2O. The molecule has 1 radical (unpaired) electrons. The van der Waals surface area contributed by atoms with Crippen LogP contribution in [0, 0.1) is 13.1 Å². The summed E-state index contributed by atoms with van der Waals surface area (Å²) in [7, 11) is 1.58. The normalized spacial score (nSPS) is 9.50. The number of aryl methyl sites for hydroxylation is 1. The summed E-state index contributed by atoms with van der Waals surface area (Å²) in [5.74, 6) is 0.575. The van der Waals surface area contributed by atoms with Crippen molar-refractivity contribution in [1.82, 2.24) is 9.97 Å². The summed E-state index contributed by atoms with van der Waals surface area (Å²) >= 11 is 1.41. The van der Waals surface area contributed by atoms with Crippen molar-refractivity contribution in [2.75, 3.05) is 7.11 Å². The molecule has 0 aliphatic heterocycles. The molecule has 0 bridgehead atoms. The van der Waals surface area contributed by atoms with Gasteiger partial charge in [-0.2, -0.15) is 0 Å². The van der Waals surface area contributed by atoms with E-state index in [9.17, 15) is 0 Å². The molecule has 1 unspecified atom stereocenters. The second-order valence-electron chi connectivity index (χ2n) is 1.82. The molecule has 0 aliphatic carbocycles. The fourth-order valence-corrected chi connectivity index (χ4v) is 1.38. The van der Waals surface area contributed by atoms with Gasteiger partial charge in [0.1, 0.15) is 0 Å². The quantitative estimate of drug-likeness (QED) is 0.536. The molecule has 1 aromatic heterocycles. The summed E-state index contributed by atoms with van der Waals surface area (Å²) in [5.41, 5.74) is 0.806. The number of hydrogen-bond donors (Lipinski definition) is 0. The van der Waals surface area contributed by atoms with E-state index in [4.69, 9.17) is 4.74 Å². The van der Waals surface area contributed by atoms with Gasteiger partial charge >= 0.3 is 67.8 Å². The topological polar surface area (TPSA) is 35.0 Å². The molecule has 53 valence electrons. The Kier molecular flexibility index (Phi) is 2.28. The van der Waals surface area contributed by atoms with E-state index < -0.39 is 0 Å². The summed E-state index contributed by atoms with van der Waals surface area (Å²) in [6.45, 7) is 1.86. The number of rotatable bonds is 1. The first-order chi connectivity index (χ1) is 4.74. The summed E-state index contributed by atoms with van der Waals surface area (Å²) in [4.78, 5) is 8.03. The van der Waals surface area contributed by atoms with Gasteiger partial charge in [-0.1, -0.05) is 0 Å². The van der Waals surface area contributed by atoms with Gasteiger partial charge in [0.15, 0.2) is 0 Å². The molecule has 0 fully saturated rings. The van der Waals surface area contributed by atoms with E-state index in [0.29, 0.717) is 5.88 Å². The van der Waals surface area contributed by atoms with Gasteiger partial charge in [-0.05, 0) is 0 Å². The Hall–Kier alpha value is -0.562. The fraction of sp³-hybridized carbons (Fsp3) is 0.333. The predicted octanol–water partition coefficient (Wildman–Crippen LogP) is -1.15. The molecule has 1 aromatic rings. The standard InChI is InChI=1S/C6H8AsN2O/c1-4-3-8-6(10-2)5(7)9-4/h7H2,1-2H3. The molecule has 0 saturated heterocycles. The predicted molar refractivity (Wildman–Crippen MR) is 40.3 cm³/mol. The van der Waals surface area contributed by atoms with Gasteiger partial charge < -0.3 is 0 Å². The van der Waals surface area contributed by atoms with Crippen molar-refractivity contribution in [3.63, 3.8) is 0 Å². The van der Waals surface area contributed by atoms with Crippen LogP contribution in [-0.2, 0) is 0 Å². The molecular weight excluding hydrogens is 191 g/mol. The zero-order chi connectivity index (χ0) is 7.56. The molecule has 0 amide bonds. The van der Waals surface area contributed by atoms with Gasteiger partial charge in [-0.15, -0.1) is 0 Å². The van der Waals surface area contributed by atoms with Gasteiger partial charge in [0, 0.05) is 0 Å². The fourth-order valence-electron chi connectivity index (χ4n) is 0.593. The van der Waals surface area contributed by atoms with E-state index in [1.165, 1.54) is 16.9 Å². The van der Waals surface area contributed by atoms with Crippen molar-refractivity contribution < 1.29 is 4.74 Å². The minimum atomic E-state index is 0.575.